The molecule has 0 bridgehead atoms. The highest BCUT2D eigenvalue weighted by molar-refractivity contribution is 7.09. The van der Waals surface area contributed by atoms with Crippen LogP contribution >= 0.6 is 11.3 Å². The maximum absolute atomic E-state index is 12.7. The van der Waals surface area contributed by atoms with Crippen molar-refractivity contribution >= 4 is 39.3 Å². The second-order valence-corrected chi connectivity index (χ2v) is 7.81. The van der Waals surface area contributed by atoms with Gasteiger partial charge in [0.25, 0.3) is 5.56 Å². The van der Waals surface area contributed by atoms with Crippen LogP contribution in [0.3, 0.4) is 0 Å². The van der Waals surface area contributed by atoms with E-state index in [0.29, 0.717) is 22.6 Å². The van der Waals surface area contributed by atoms with E-state index in [1.807, 2.05) is 36.6 Å². The van der Waals surface area contributed by atoms with Crippen LogP contribution in [0.5, 0.6) is 0 Å². The largest absolute Gasteiger partial charge is 0.458 e. The first-order valence-electron chi connectivity index (χ1n) is 9.23. The minimum Gasteiger partial charge on any atom is -0.458 e. The van der Waals surface area contributed by atoms with E-state index in [4.69, 9.17) is 8.83 Å². The van der Waals surface area contributed by atoms with Gasteiger partial charge in [-0.15, -0.1) is 11.3 Å². The second kappa shape index (κ2) is 7.27. The SMILES string of the molecule is Cc1nc(-c2ccc(CNC(=O)Cn3cnc4c(oc5ccccc54)c3=O)o2)cs1. The number of hydrogen-bond acceptors (Lipinski definition) is 7. The van der Waals surface area contributed by atoms with Crippen molar-refractivity contribution in [1.82, 2.24) is 19.9 Å². The molecule has 0 radical (unpaired) electrons. The molecule has 4 heterocycles. The van der Waals surface area contributed by atoms with Gasteiger partial charge in [-0.05, 0) is 31.2 Å². The third-order valence-electron chi connectivity index (χ3n) is 4.66. The molecule has 0 unspecified atom stereocenters. The minimum absolute atomic E-state index is 0.140. The first-order valence-corrected chi connectivity index (χ1v) is 10.1. The zero-order valence-electron chi connectivity index (χ0n) is 15.9. The number of hydrogen-bond donors (Lipinski definition) is 1. The molecule has 0 aliphatic carbocycles. The molecule has 9 heteroatoms. The van der Waals surface area contributed by atoms with Crippen LogP contribution in [-0.4, -0.2) is 20.4 Å². The number of nitrogens with zero attached hydrogens (tertiary/aromatic N) is 3. The maximum Gasteiger partial charge on any atom is 0.297 e. The van der Waals surface area contributed by atoms with E-state index < -0.39 is 5.56 Å². The molecule has 0 saturated heterocycles. The van der Waals surface area contributed by atoms with E-state index >= 15 is 0 Å². The summed E-state index contributed by atoms with van der Waals surface area (Å²) in [5.74, 6) is 0.915. The van der Waals surface area contributed by atoms with Crippen LogP contribution < -0.4 is 10.9 Å². The highest BCUT2D eigenvalue weighted by Crippen LogP contribution is 2.25. The van der Waals surface area contributed by atoms with Gasteiger partial charge in [0, 0.05) is 10.8 Å². The van der Waals surface area contributed by atoms with Crippen molar-refractivity contribution in [2.45, 2.75) is 20.0 Å². The second-order valence-electron chi connectivity index (χ2n) is 6.75. The number of benzene rings is 1. The van der Waals surface area contributed by atoms with Gasteiger partial charge in [0.2, 0.25) is 11.5 Å². The molecule has 1 amide bonds. The fraction of sp³-hybridized carbons (Fsp3) is 0.143. The molecular weight excluding hydrogens is 404 g/mol. The summed E-state index contributed by atoms with van der Waals surface area (Å²) in [7, 11) is 0. The van der Waals surface area contributed by atoms with E-state index in [2.05, 4.69) is 15.3 Å². The first-order chi connectivity index (χ1) is 14.6. The average molecular weight is 420 g/mol. The van der Waals surface area contributed by atoms with E-state index in [9.17, 15) is 9.59 Å². The van der Waals surface area contributed by atoms with Crippen LogP contribution in [0.4, 0.5) is 0 Å². The number of nitrogens with one attached hydrogen (secondary N) is 1. The summed E-state index contributed by atoms with van der Waals surface area (Å²) >= 11 is 1.54. The van der Waals surface area contributed by atoms with Crippen LogP contribution in [0.1, 0.15) is 10.8 Å². The molecule has 30 heavy (non-hydrogen) atoms. The van der Waals surface area contributed by atoms with E-state index in [0.717, 1.165) is 16.1 Å². The Labute approximate surface area is 173 Å². The fourth-order valence-corrected chi connectivity index (χ4v) is 3.81. The van der Waals surface area contributed by atoms with Gasteiger partial charge in [0.1, 0.15) is 29.1 Å². The van der Waals surface area contributed by atoms with Gasteiger partial charge in [0.05, 0.1) is 17.9 Å². The molecule has 4 aromatic heterocycles. The van der Waals surface area contributed by atoms with E-state index in [1.165, 1.54) is 10.9 Å². The van der Waals surface area contributed by atoms with Gasteiger partial charge < -0.3 is 14.2 Å². The summed E-state index contributed by atoms with van der Waals surface area (Å²) in [6.45, 7) is 1.96. The van der Waals surface area contributed by atoms with Crippen molar-refractivity contribution in [2.75, 3.05) is 0 Å². The molecule has 8 nitrogen and oxygen atoms in total. The van der Waals surface area contributed by atoms with Crippen molar-refractivity contribution in [3.8, 4) is 11.5 Å². The number of para-hydroxylation sites is 1. The summed E-state index contributed by atoms with van der Waals surface area (Å²) in [6, 6.07) is 10.9. The molecule has 0 spiro atoms. The average Bonchev–Trinajstić information content (AvgIpc) is 3.47. The molecule has 0 saturated carbocycles. The highest BCUT2D eigenvalue weighted by atomic mass is 32.1. The van der Waals surface area contributed by atoms with Crippen LogP contribution in [-0.2, 0) is 17.9 Å². The van der Waals surface area contributed by atoms with Gasteiger partial charge in [-0.2, -0.15) is 0 Å². The molecule has 0 atom stereocenters. The summed E-state index contributed by atoms with van der Waals surface area (Å²) in [6.07, 6.45) is 1.36. The predicted molar refractivity (Wildman–Crippen MR) is 112 cm³/mol. The predicted octanol–water partition coefficient (Wildman–Crippen LogP) is 3.48. The molecule has 5 aromatic rings. The lowest BCUT2D eigenvalue weighted by molar-refractivity contribution is -0.122. The van der Waals surface area contributed by atoms with E-state index in [1.54, 1.807) is 23.5 Å². The number of carbonyl (C=O) groups excluding carboxylic acids is 1. The van der Waals surface area contributed by atoms with Crippen molar-refractivity contribution in [2.24, 2.45) is 0 Å². The van der Waals surface area contributed by atoms with Gasteiger partial charge in [-0.1, -0.05) is 12.1 Å². The number of rotatable bonds is 5. The molecule has 0 aliphatic heterocycles. The summed E-state index contributed by atoms with van der Waals surface area (Å²) in [4.78, 5) is 33.7. The normalized spacial score (nSPS) is 11.4. The van der Waals surface area contributed by atoms with Crippen molar-refractivity contribution in [1.29, 1.82) is 0 Å². The number of furan rings is 2. The number of carbonyl (C=O) groups is 1. The number of amides is 1. The number of thiazole rings is 1. The lowest BCUT2D eigenvalue weighted by atomic mass is 10.2. The number of aromatic nitrogens is 3. The summed E-state index contributed by atoms with van der Waals surface area (Å²) < 4.78 is 12.6. The molecule has 1 aromatic carbocycles. The Morgan fingerprint density at radius 2 is 2.07 bits per heavy atom. The van der Waals surface area contributed by atoms with Gasteiger partial charge in [-0.25, -0.2) is 9.97 Å². The minimum atomic E-state index is -0.398. The number of aryl methyl sites for hydroxylation is 1. The smallest absolute Gasteiger partial charge is 0.297 e. The number of fused-ring (bicyclic) bond motifs is 3. The Balaban J connectivity index is 1.29. The van der Waals surface area contributed by atoms with Crippen LogP contribution in [0, 0.1) is 6.92 Å². The topological polar surface area (TPSA) is 103 Å². The Bertz CT molecular complexity index is 1440. The highest BCUT2D eigenvalue weighted by Gasteiger charge is 2.15. The molecule has 5 rings (SSSR count). The van der Waals surface area contributed by atoms with E-state index in [-0.39, 0.29) is 24.6 Å². The van der Waals surface area contributed by atoms with Crippen LogP contribution in [0.15, 0.2) is 61.7 Å². The Hall–Kier alpha value is -3.72. The third-order valence-corrected chi connectivity index (χ3v) is 5.43. The quantitative estimate of drug-likeness (QED) is 0.467. The van der Waals surface area contributed by atoms with Crippen molar-refractivity contribution < 1.29 is 13.6 Å². The van der Waals surface area contributed by atoms with Crippen molar-refractivity contribution in [3.63, 3.8) is 0 Å². The Morgan fingerprint density at radius 3 is 2.90 bits per heavy atom. The van der Waals surface area contributed by atoms with Gasteiger partial charge in [0.15, 0.2) is 5.76 Å². The fourth-order valence-electron chi connectivity index (χ4n) is 3.21. The molecule has 0 fully saturated rings. The monoisotopic (exact) mass is 420 g/mol. The first kappa shape index (κ1) is 18.3. The Morgan fingerprint density at radius 1 is 1.20 bits per heavy atom. The molecular formula is C21H16N4O4S. The molecule has 150 valence electrons. The van der Waals surface area contributed by atoms with Crippen LogP contribution in [0.25, 0.3) is 33.5 Å². The Kier molecular flexibility index (Phi) is 4.44. The van der Waals surface area contributed by atoms with Crippen LogP contribution in [0.2, 0.25) is 0 Å². The zero-order valence-corrected chi connectivity index (χ0v) is 16.7. The lowest BCUT2D eigenvalue weighted by Gasteiger charge is -2.05. The van der Waals surface area contributed by atoms with Gasteiger partial charge >= 0.3 is 0 Å². The standard InChI is InChI=1S/C21H16N4O4S/c1-12-24-15(10-30-12)17-7-6-13(28-17)8-22-18(26)9-25-11-23-19-14-4-2-3-5-16(14)29-20(19)21(25)27/h2-7,10-11H,8-9H2,1H3,(H,22,26). The molecule has 1 N–H and O–H groups in total. The maximum atomic E-state index is 12.7. The van der Waals surface area contributed by atoms with Crippen molar-refractivity contribution in [3.05, 3.63) is 69.2 Å². The summed E-state index contributed by atoms with van der Waals surface area (Å²) in [5, 5.41) is 6.40. The lowest BCUT2D eigenvalue weighted by Crippen LogP contribution is -2.31. The molecule has 0 aliphatic rings. The van der Waals surface area contributed by atoms with Gasteiger partial charge in [-0.3, -0.25) is 14.2 Å². The summed E-state index contributed by atoms with van der Waals surface area (Å²) in [5.41, 5.74) is 1.59. The zero-order chi connectivity index (χ0) is 20.7. The third kappa shape index (κ3) is 3.29.